The van der Waals surface area contributed by atoms with Crippen LogP contribution in [0, 0.1) is 17.6 Å². The highest BCUT2D eigenvalue weighted by Crippen LogP contribution is 2.11. The number of halogens is 2. The molecule has 0 heterocycles. The molecule has 1 aromatic carbocycles. The molecule has 0 saturated carbocycles. The van der Waals surface area contributed by atoms with Crippen LogP contribution in [0.5, 0.6) is 0 Å². The summed E-state index contributed by atoms with van der Waals surface area (Å²) < 4.78 is 26.2. The van der Waals surface area contributed by atoms with Gasteiger partial charge in [-0.2, -0.15) is 0 Å². The van der Waals surface area contributed by atoms with Gasteiger partial charge in [0.15, 0.2) is 11.6 Å². The molecular formula is C13H15F2NO3. The number of carbonyl (C=O) groups is 2. The Balaban J connectivity index is 2.43. The molecule has 19 heavy (non-hydrogen) atoms. The van der Waals surface area contributed by atoms with Crippen LogP contribution < -0.4 is 5.32 Å². The molecule has 1 unspecified atom stereocenters. The molecule has 0 saturated heterocycles. The Hall–Kier alpha value is -1.98. The predicted octanol–water partition coefficient (Wildman–Crippen LogP) is 1.73. The maximum absolute atomic E-state index is 13.3. The zero-order valence-electron chi connectivity index (χ0n) is 10.5. The molecule has 0 aliphatic rings. The Kier molecular flexibility index (Phi) is 5.41. The monoisotopic (exact) mass is 271 g/mol. The van der Waals surface area contributed by atoms with E-state index < -0.39 is 29.4 Å². The molecule has 104 valence electrons. The standard InChI is InChI=1S/C13H15F2NO3/c1-8(13(18)19)5-6-16-11(17)7-9-3-2-4-10(14)12(9)15/h2-4,8H,5-7H2,1H3,(H,16,17)(H,18,19). The number of carboxylic acids is 1. The summed E-state index contributed by atoms with van der Waals surface area (Å²) in [6.45, 7) is 1.71. The number of hydrogen-bond donors (Lipinski definition) is 2. The fraction of sp³-hybridized carbons (Fsp3) is 0.385. The van der Waals surface area contributed by atoms with Crippen LogP contribution >= 0.6 is 0 Å². The lowest BCUT2D eigenvalue weighted by Crippen LogP contribution is -2.28. The molecule has 0 bridgehead atoms. The van der Waals surface area contributed by atoms with E-state index in [9.17, 15) is 18.4 Å². The maximum atomic E-state index is 13.3. The van der Waals surface area contributed by atoms with Crippen molar-refractivity contribution in [3.63, 3.8) is 0 Å². The van der Waals surface area contributed by atoms with Crippen molar-refractivity contribution in [2.75, 3.05) is 6.54 Å². The number of hydrogen-bond acceptors (Lipinski definition) is 2. The quantitative estimate of drug-likeness (QED) is 0.828. The van der Waals surface area contributed by atoms with Crippen LogP contribution in [0.2, 0.25) is 0 Å². The molecular weight excluding hydrogens is 256 g/mol. The number of aliphatic carboxylic acids is 1. The van der Waals surface area contributed by atoms with E-state index in [2.05, 4.69) is 5.32 Å². The van der Waals surface area contributed by atoms with Crippen molar-refractivity contribution in [3.05, 3.63) is 35.4 Å². The fourth-order valence-corrected chi connectivity index (χ4v) is 1.47. The minimum atomic E-state index is -1.03. The SMILES string of the molecule is CC(CCNC(=O)Cc1cccc(F)c1F)C(=O)O. The van der Waals surface area contributed by atoms with Gasteiger partial charge in [0, 0.05) is 12.1 Å². The Bertz CT molecular complexity index is 477. The second kappa shape index (κ2) is 6.82. The van der Waals surface area contributed by atoms with E-state index in [0.29, 0.717) is 0 Å². The zero-order valence-corrected chi connectivity index (χ0v) is 10.5. The summed E-state index contributed by atoms with van der Waals surface area (Å²) in [5.41, 5.74) is -0.0243. The largest absolute Gasteiger partial charge is 0.481 e. The third-order valence-electron chi connectivity index (χ3n) is 2.70. The van der Waals surface area contributed by atoms with Gasteiger partial charge in [-0.3, -0.25) is 9.59 Å². The summed E-state index contributed by atoms with van der Waals surface area (Å²) in [6, 6.07) is 3.64. The van der Waals surface area contributed by atoms with Crippen molar-refractivity contribution < 1.29 is 23.5 Å². The number of amides is 1. The second-order valence-corrected chi connectivity index (χ2v) is 4.27. The summed E-state index contributed by atoms with van der Waals surface area (Å²) in [7, 11) is 0. The highest BCUT2D eigenvalue weighted by molar-refractivity contribution is 5.78. The van der Waals surface area contributed by atoms with Gasteiger partial charge in [-0.15, -0.1) is 0 Å². The topological polar surface area (TPSA) is 66.4 Å². The molecule has 2 N–H and O–H groups in total. The summed E-state index contributed by atoms with van der Waals surface area (Å²) >= 11 is 0. The predicted molar refractivity (Wildman–Crippen MR) is 64.5 cm³/mol. The molecule has 0 aliphatic heterocycles. The summed E-state index contributed by atoms with van der Waals surface area (Å²) in [6.07, 6.45) is 0.0117. The molecule has 1 atom stereocenters. The number of benzene rings is 1. The third kappa shape index (κ3) is 4.65. The van der Waals surface area contributed by atoms with E-state index in [4.69, 9.17) is 5.11 Å². The van der Waals surface area contributed by atoms with Gasteiger partial charge >= 0.3 is 5.97 Å². The van der Waals surface area contributed by atoms with Crippen LogP contribution in [0.3, 0.4) is 0 Å². The van der Waals surface area contributed by atoms with E-state index in [1.54, 1.807) is 0 Å². The Morgan fingerprint density at radius 3 is 2.68 bits per heavy atom. The zero-order chi connectivity index (χ0) is 14.4. The normalized spacial score (nSPS) is 11.9. The molecule has 0 radical (unpaired) electrons. The molecule has 0 aliphatic carbocycles. The first-order chi connectivity index (χ1) is 8.91. The van der Waals surface area contributed by atoms with Crippen LogP contribution in [-0.4, -0.2) is 23.5 Å². The number of rotatable bonds is 6. The molecule has 0 fully saturated rings. The van der Waals surface area contributed by atoms with Gasteiger partial charge in [0.2, 0.25) is 5.91 Å². The Morgan fingerprint density at radius 2 is 2.05 bits per heavy atom. The van der Waals surface area contributed by atoms with Crippen molar-refractivity contribution in [1.82, 2.24) is 5.32 Å². The second-order valence-electron chi connectivity index (χ2n) is 4.27. The average Bonchev–Trinajstić information content (AvgIpc) is 2.34. The van der Waals surface area contributed by atoms with Gasteiger partial charge in [-0.1, -0.05) is 19.1 Å². The fourth-order valence-electron chi connectivity index (χ4n) is 1.47. The summed E-state index contributed by atoms with van der Waals surface area (Å²) in [5.74, 6) is -4.00. The van der Waals surface area contributed by atoms with Crippen molar-refractivity contribution in [2.45, 2.75) is 19.8 Å². The van der Waals surface area contributed by atoms with E-state index in [0.717, 1.165) is 6.07 Å². The first kappa shape index (κ1) is 15.1. The van der Waals surface area contributed by atoms with Crippen molar-refractivity contribution in [1.29, 1.82) is 0 Å². The van der Waals surface area contributed by atoms with Crippen molar-refractivity contribution in [2.24, 2.45) is 5.92 Å². The van der Waals surface area contributed by atoms with Gasteiger partial charge in [-0.05, 0) is 12.5 Å². The van der Waals surface area contributed by atoms with E-state index >= 15 is 0 Å². The van der Waals surface area contributed by atoms with Crippen LogP contribution in [0.1, 0.15) is 18.9 Å². The first-order valence-electron chi connectivity index (χ1n) is 5.84. The van der Waals surface area contributed by atoms with E-state index in [-0.39, 0.29) is 24.9 Å². The summed E-state index contributed by atoms with van der Waals surface area (Å²) in [5, 5.41) is 11.1. The van der Waals surface area contributed by atoms with Crippen LogP contribution in [0.15, 0.2) is 18.2 Å². The maximum Gasteiger partial charge on any atom is 0.306 e. The van der Waals surface area contributed by atoms with Gasteiger partial charge in [-0.25, -0.2) is 8.78 Å². The Morgan fingerprint density at radius 1 is 1.37 bits per heavy atom. The van der Waals surface area contributed by atoms with E-state index in [1.165, 1.54) is 19.1 Å². The van der Waals surface area contributed by atoms with Gasteiger partial charge in [0.1, 0.15) is 0 Å². The molecule has 6 heteroatoms. The molecule has 1 aromatic rings. The highest BCUT2D eigenvalue weighted by Gasteiger charge is 2.13. The Labute approximate surface area is 109 Å². The molecule has 0 spiro atoms. The number of nitrogens with one attached hydrogen (secondary N) is 1. The lowest BCUT2D eigenvalue weighted by molar-refractivity contribution is -0.141. The average molecular weight is 271 g/mol. The highest BCUT2D eigenvalue weighted by atomic mass is 19.2. The van der Waals surface area contributed by atoms with Crippen molar-refractivity contribution >= 4 is 11.9 Å². The number of carbonyl (C=O) groups excluding carboxylic acids is 1. The van der Waals surface area contributed by atoms with Gasteiger partial charge < -0.3 is 10.4 Å². The minimum Gasteiger partial charge on any atom is -0.481 e. The van der Waals surface area contributed by atoms with Crippen LogP contribution in [0.4, 0.5) is 8.78 Å². The van der Waals surface area contributed by atoms with Gasteiger partial charge in [0.25, 0.3) is 0 Å². The van der Waals surface area contributed by atoms with Crippen molar-refractivity contribution in [3.8, 4) is 0 Å². The lowest BCUT2D eigenvalue weighted by atomic mass is 10.1. The van der Waals surface area contributed by atoms with Crippen LogP contribution in [-0.2, 0) is 16.0 Å². The molecule has 1 amide bonds. The van der Waals surface area contributed by atoms with E-state index in [1.807, 2.05) is 0 Å². The first-order valence-corrected chi connectivity index (χ1v) is 5.84. The van der Waals surface area contributed by atoms with Crippen LogP contribution in [0.25, 0.3) is 0 Å². The molecule has 4 nitrogen and oxygen atoms in total. The minimum absolute atomic E-state index is 0.0243. The smallest absolute Gasteiger partial charge is 0.306 e. The number of carboxylic acid groups (broad SMARTS) is 1. The lowest BCUT2D eigenvalue weighted by Gasteiger charge is -2.08. The molecule has 1 rings (SSSR count). The molecule has 0 aromatic heterocycles. The summed E-state index contributed by atoms with van der Waals surface area (Å²) in [4.78, 5) is 22.0. The third-order valence-corrected chi connectivity index (χ3v) is 2.70. The van der Waals surface area contributed by atoms with Gasteiger partial charge in [0.05, 0.1) is 12.3 Å².